The van der Waals surface area contributed by atoms with Gasteiger partial charge in [-0.15, -0.1) is 0 Å². The molecule has 1 heterocycles. The van der Waals surface area contributed by atoms with Gasteiger partial charge in [-0.3, -0.25) is 24.9 Å². The second-order valence-electron chi connectivity index (χ2n) is 4.15. The summed E-state index contributed by atoms with van der Waals surface area (Å²) >= 11 is 0. The molecule has 21 heavy (non-hydrogen) atoms. The van der Waals surface area contributed by atoms with Crippen LogP contribution in [-0.2, 0) is 13.2 Å². The first-order valence-corrected chi connectivity index (χ1v) is 6.08. The monoisotopic (exact) mass is 292 g/mol. The fourth-order valence-electron chi connectivity index (χ4n) is 1.71. The predicted molar refractivity (Wildman–Crippen MR) is 72.0 cm³/mol. The summed E-state index contributed by atoms with van der Waals surface area (Å²) in [5.41, 5.74) is -0.411. The Bertz CT molecular complexity index is 682. The summed E-state index contributed by atoms with van der Waals surface area (Å²) in [6.07, 6.45) is 3.16. The van der Waals surface area contributed by atoms with Crippen LogP contribution in [0.3, 0.4) is 0 Å². The number of nitro groups is 2. The predicted octanol–water partition coefficient (Wildman–Crippen LogP) is 2.30. The van der Waals surface area contributed by atoms with E-state index in [1.165, 1.54) is 18.3 Å². The van der Waals surface area contributed by atoms with E-state index in [9.17, 15) is 20.2 Å². The molecule has 0 aliphatic rings. The maximum absolute atomic E-state index is 11.0. The number of hydrogen-bond donors (Lipinski definition) is 0. The molecule has 110 valence electrons. The third-order valence-corrected chi connectivity index (χ3v) is 2.80. The second kappa shape index (κ2) is 5.99. The SMILES string of the molecule is CCn1cc(OCc2ccc([N+](=O)[O-])cc2[N+](=O)[O-])cn1. The lowest BCUT2D eigenvalue weighted by molar-refractivity contribution is -0.394. The molecule has 9 nitrogen and oxygen atoms in total. The summed E-state index contributed by atoms with van der Waals surface area (Å²) in [6.45, 7) is 2.53. The molecule has 1 aromatic heterocycles. The molecular formula is C12H12N4O5. The first-order chi connectivity index (χ1) is 10.0. The minimum absolute atomic E-state index is 0.0658. The van der Waals surface area contributed by atoms with E-state index in [0.29, 0.717) is 12.3 Å². The van der Waals surface area contributed by atoms with E-state index in [1.54, 1.807) is 10.9 Å². The average Bonchev–Trinajstić information content (AvgIpc) is 2.92. The van der Waals surface area contributed by atoms with Crippen molar-refractivity contribution in [1.29, 1.82) is 0 Å². The van der Waals surface area contributed by atoms with Crippen LogP contribution in [0.25, 0.3) is 0 Å². The number of rotatable bonds is 6. The molecule has 0 spiro atoms. The Hall–Kier alpha value is -2.97. The van der Waals surface area contributed by atoms with Crippen molar-refractivity contribution in [3.05, 3.63) is 56.4 Å². The lowest BCUT2D eigenvalue weighted by Crippen LogP contribution is -2.01. The third kappa shape index (κ3) is 3.32. The van der Waals surface area contributed by atoms with Crippen LogP contribution in [0.4, 0.5) is 11.4 Å². The number of aromatic nitrogens is 2. The van der Waals surface area contributed by atoms with Crippen molar-refractivity contribution in [3.63, 3.8) is 0 Å². The quantitative estimate of drug-likeness (QED) is 0.596. The summed E-state index contributed by atoms with van der Waals surface area (Å²) in [5.74, 6) is 0.476. The first-order valence-electron chi connectivity index (χ1n) is 6.08. The van der Waals surface area contributed by atoms with Gasteiger partial charge in [0.05, 0.1) is 33.9 Å². The van der Waals surface area contributed by atoms with Crippen LogP contribution in [-0.4, -0.2) is 19.6 Å². The molecule has 0 amide bonds. The van der Waals surface area contributed by atoms with Gasteiger partial charge >= 0.3 is 0 Å². The van der Waals surface area contributed by atoms with Gasteiger partial charge in [0.2, 0.25) is 0 Å². The maximum atomic E-state index is 11.0. The van der Waals surface area contributed by atoms with Crippen molar-refractivity contribution < 1.29 is 14.6 Å². The minimum atomic E-state index is -0.678. The Morgan fingerprint density at radius 3 is 2.62 bits per heavy atom. The third-order valence-electron chi connectivity index (χ3n) is 2.80. The van der Waals surface area contributed by atoms with E-state index in [0.717, 1.165) is 6.07 Å². The Morgan fingerprint density at radius 2 is 2.05 bits per heavy atom. The number of hydrogen-bond acceptors (Lipinski definition) is 6. The number of benzene rings is 1. The molecule has 1 aromatic carbocycles. The van der Waals surface area contributed by atoms with Crippen molar-refractivity contribution in [2.24, 2.45) is 0 Å². The van der Waals surface area contributed by atoms with Gasteiger partial charge in [0.1, 0.15) is 6.61 Å². The molecule has 0 aliphatic heterocycles. The van der Waals surface area contributed by atoms with Crippen molar-refractivity contribution in [2.45, 2.75) is 20.1 Å². The van der Waals surface area contributed by atoms with Crippen LogP contribution in [0.5, 0.6) is 5.75 Å². The lowest BCUT2D eigenvalue weighted by atomic mass is 10.1. The summed E-state index contributed by atoms with van der Waals surface area (Å²) in [7, 11) is 0. The highest BCUT2D eigenvalue weighted by molar-refractivity contribution is 5.49. The standard InChI is InChI=1S/C12H12N4O5/c1-2-14-7-11(6-13-14)21-8-9-3-4-10(15(17)18)5-12(9)16(19)20/h3-7H,2,8H2,1H3. The summed E-state index contributed by atoms with van der Waals surface area (Å²) < 4.78 is 7.06. The largest absolute Gasteiger partial charge is 0.485 e. The Labute approximate surface area is 119 Å². The summed E-state index contributed by atoms with van der Waals surface area (Å²) in [5, 5.41) is 25.6. The van der Waals surface area contributed by atoms with Gasteiger partial charge in [-0.1, -0.05) is 0 Å². The van der Waals surface area contributed by atoms with Crippen LogP contribution in [0.15, 0.2) is 30.6 Å². The van der Waals surface area contributed by atoms with Gasteiger partial charge in [0, 0.05) is 12.6 Å². The van der Waals surface area contributed by atoms with Gasteiger partial charge in [-0.05, 0) is 13.0 Å². The highest BCUT2D eigenvalue weighted by Crippen LogP contribution is 2.25. The molecule has 2 rings (SSSR count). The van der Waals surface area contributed by atoms with E-state index < -0.39 is 9.85 Å². The zero-order valence-corrected chi connectivity index (χ0v) is 11.1. The van der Waals surface area contributed by atoms with E-state index in [2.05, 4.69) is 5.10 Å². The zero-order valence-electron chi connectivity index (χ0n) is 11.1. The highest BCUT2D eigenvalue weighted by atomic mass is 16.6. The Balaban J connectivity index is 2.19. The first kappa shape index (κ1) is 14.4. The topological polar surface area (TPSA) is 113 Å². The molecule has 0 unspecified atom stereocenters. The van der Waals surface area contributed by atoms with Crippen LogP contribution >= 0.6 is 0 Å². The fourth-order valence-corrected chi connectivity index (χ4v) is 1.71. The van der Waals surface area contributed by atoms with Gasteiger partial charge in [-0.2, -0.15) is 5.10 Å². The number of nitro benzene ring substituents is 2. The van der Waals surface area contributed by atoms with Crippen LogP contribution < -0.4 is 4.74 Å². The summed E-state index contributed by atoms with van der Waals surface area (Å²) in [4.78, 5) is 20.3. The number of nitrogens with zero attached hydrogens (tertiary/aromatic N) is 4. The van der Waals surface area contributed by atoms with Crippen molar-refractivity contribution in [1.82, 2.24) is 9.78 Å². The van der Waals surface area contributed by atoms with Crippen molar-refractivity contribution in [3.8, 4) is 5.75 Å². The van der Waals surface area contributed by atoms with Gasteiger partial charge < -0.3 is 4.74 Å². The van der Waals surface area contributed by atoms with Crippen molar-refractivity contribution >= 4 is 11.4 Å². The molecular weight excluding hydrogens is 280 g/mol. The molecule has 0 radical (unpaired) electrons. The van der Waals surface area contributed by atoms with Crippen LogP contribution in [0.2, 0.25) is 0 Å². The fraction of sp³-hybridized carbons (Fsp3) is 0.250. The highest BCUT2D eigenvalue weighted by Gasteiger charge is 2.19. The molecule has 0 fully saturated rings. The number of ether oxygens (including phenoxy) is 1. The van der Waals surface area contributed by atoms with Crippen LogP contribution in [0.1, 0.15) is 12.5 Å². The average molecular weight is 292 g/mol. The smallest absolute Gasteiger partial charge is 0.282 e. The molecule has 2 aromatic rings. The molecule has 0 saturated carbocycles. The Kier molecular flexibility index (Phi) is 4.12. The Morgan fingerprint density at radius 1 is 1.29 bits per heavy atom. The van der Waals surface area contributed by atoms with Gasteiger partial charge in [0.15, 0.2) is 5.75 Å². The molecule has 0 saturated heterocycles. The molecule has 0 atom stereocenters. The summed E-state index contributed by atoms with van der Waals surface area (Å²) in [6, 6.07) is 3.45. The maximum Gasteiger partial charge on any atom is 0.282 e. The molecule has 0 N–H and O–H groups in total. The zero-order chi connectivity index (χ0) is 15.4. The van der Waals surface area contributed by atoms with Gasteiger partial charge in [0.25, 0.3) is 11.4 Å². The molecule has 9 heteroatoms. The van der Waals surface area contributed by atoms with E-state index >= 15 is 0 Å². The minimum Gasteiger partial charge on any atom is -0.485 e. The lowest BCUT2D eigenvalue weighted by Gasteiger charge is -2.04. The van der Waals surface area contributed by atoms with E-state index in [4.69, 9.17) is 4.74 Å². The number of non-ortho nitro benzene ring substituents is 1. The van der Waals surface area contributed by atoms with Crippen molar-refractivity contribution in [2.75, 3.05) is 0 Å². The molecule has 0 aliphatic carbocycles. The second-order valence-corrected chi connectivity index (χ2v) is 4.15. The van der Waals surface area contributed by atoms with E-state index in [-0.39, 0.29) is 23.5 Å². The van der Waals surface area contributed by atoms with E-state index in [1.807, 2.05) is 6.92 Å². The molecule has 0 bridgehead atoms. The van der Waals surface area contributed by atoms with Gasteiger partial charge in [-0.25, -0.2) is 0 Å². The van der Waals surface area contributed by atoms with Crippen LogP contribution in [0, 0.1) is 20.2 Å². The number of aryl methyl sites for hydroxylation is 1. The normalized spacial score (nSPS) is 10.3.